The largest absolute Gasteiger partial charge is 0.337 e. The van der Waals surface area contributed by atoms with E-state index >= 15 is 0 Å². The highest BCUT2D eigenvalue weighted by Gasteiger charge is 2.35. The normalized spacial score (nSPS) is 16.9. The molecule has 4 aromatic rings. The van der Waals surface area contributed by atoms with Crippen molar-refractivity contribution < 1.29 is 9.18 Å². The van der Waals surface area contributed by atoms with Crippen molar-refractivity contribution >= 4 is 35.0 Å². The van der Waals surface area contributed by atoms with Crippen molar-refractivity contribution in [3.8, 4) is 0 Å². The number of anilines is 1. The third-order valence-corrected chi connectivity index (χ3v) is 8.45. The maximum atomic E-state index is 13.3. The lowest BCUT2D eigenvalue weighted by atomic mass is 9.76. The summed E-state index contributed by atoms with van der Waals surface area (Å²) in [6, 6.07) is 16.1. The number of benzene rings is 2. The zero-order chi connectivity index (χ0) is 28.3. The first-order chi connectivity index (χ1) is 19.9. The lowest BCUT2D eigenvalue weighted by molar-refractivity contribution is 0.177. The fraction of sp³-hybridized carbons (Fsp3) is 0.303. The van der Waals surface area contributed by atoms with Gasteiger partial charge in [-0.05, 0) is 103 Å². The van der Waals surface area contributed by atoms with Crippen LogP contribution < -0.4 is 5.32 Å². The number of nitrogens with one attached hydrogen (secondary N) is 1. The smallest absolute Gasteiger partial charge is 0.321 e. The van der Waals surface area contributed by atoms with Crippen molar-refractivity contribution in [2.75, 3.05) is 18.4 Å². The van der Waals surface area contributed by atoms with E-state index in [1.807, 2.05) is 36.5 Å². The van der Waals surface area contributed by atoms with E-state index in [0.29, 0.717) is 24.7 Å². The zero-order valence-electron chi connectivity index (χ0n) is 23.1. The molecular weight excluding hydrogens is 537 g/mol. The van der Waals surface area contributed by atoms with Gasteiger partial charge in [-0.3, -0.25) is 4.98 Å². The van der Waals surface area contributed by atoms with E-state index < -0.39 is 0 Å². The zero-order valence-corrected chi connectivity index (χ0v) is 23.8. The van der Waals surface area contributed by atoms with Crippen molar-refractivity contribution in [1.82, 2.24) is 19.4 Å². The summed E-state index contributed by atoms with van der Waals surface area (Å²) in [7, 11) is 0. The maximum Gasteiger partial charge on any atom is 0.321 e. The van der Waals surface area contributed by atoms with Crippen molar-refractivity contribution in [3.63, 3.8) is 0 Å². The van der Waals surface area contributed by atoms with Gasteiger partial charge in [-0.15, -0.1) is 0 Å². The number of hydrogen-bond donors (Lipinski definition) is 1. The Morgan fingerprint density at radius 1 is 1.10 bits per heavy atom. The standard InChI is InChI=1S/C33H33ClFN5O/c1-22-20-39(21-37-22)15-3-4-24-18-25-19-26(34)6-11-29(25)31(32-30(24)5-2-14-36-32)23-12-16-40(17-13-23)33(41)38-28-9-7-27(35)8-10-28/h2,5-11,14,18-21,23,31H,3-4,12-13,15-17H2,1H3,(H,38,41)/t31-/m0/s1. The lowest BCUT2D eigenvalue weighted by Gasteiger charge is -2.36. The number of urea groups is 1. The molecule has 1 N–H and O–H groups in total. The average molecular weight is 570 g/mol. The minimum Gasteiger partial charge on any atom is -0.337 e. The minimum absolute atomic E-state index is 0.103. The van der Waals surface area contributed by atoms with Crippen molar-refractivity contribution in [1.29, 1.82) is 0 Å². The van der Waals surface area contributed by atoms with E-state index in [-0.39, 0.29) is 17.8 Å². The summed E-state index contributed by atoms with van der Waals surface area (Å²) < 4.78 is 15.4. The third-order valence-electron chi connectivity index (χ3n) is 8.21. The number of imidazole rings is 1. The molecule has 6 rings (SSSR count). The van der Waals surface area contributed by atoms with Crippen molar-refractivity contribution in [3.05, 3.63) is 112 Å². The molecule has 0 unspecified atom stereocenters. The Morgan fingerprint density at radius 3 is 2.66 bits per heavy atom. The second-order valence-electron chi connectivity index (χ2n) is 11.0. The van der Waals surface area contributed by atoms with Gasteiger partial charge in [0.15, 0.2) is 0 Å². The van der Waals surface area contributed by atoms with Crippen LogP contribution in [0, 0.1) is 18.7 Å². The van der Waals surface area contributed by atoms with E-state index in [1.165, 1.54) is 28.8 Å². The van der Waals surface area contributed by atoms with Crippen LogP contribution in [-0.2, 0) is 6.54 Å². The molecule has 1 saturated heterocycles. The van der Waals surface area contributed by atoms with Crippen LogP contribution in [0.5, 0.6) is 0 Å². The van der Waals surface area contributed by atoms with Gasteiger partial charge in [0, 0.05) is 48.7 Å². The molecule has 2 amide bonds. The fourth-order valence-corrected chi connectivity index (χ4v) is 6.39. The van der Waals surface area contributed by atoms with Gasteiger partial charge in [0.05, 0.1) is 17.7 Å². The van der Waals surface area contributed by atoms with E-state index in [4.69, 9.17) is 16.6 Å². The monoisotopic (exact) mass is 569 g/mol. The molecule has 1 aliphatic heterocycles. The number of carbonyl (C=O) groups excluding carboxylic acids is 1. The Morgan fingerprint density at radius 2 is 1.90 bits per heavy atom. The quantitative estimate of drug-likeness (QED) is 0.258. The first kappa shape index (κ1) is 27.2. The summed E-state index contributed by atoms with van der Waals surface area (Å²) in [5, 5.41) is 3.62. The number of likely N-dealkylation sites (tertiary alicyclic amines) is 1. The maximum absolute atomic E-state index is 13.3. The minimum atomic E-state index is -0.325. The molecule has 2 aromatic heterocycles. The molecule has 3 heterocycles. The van der Waals surface area contributed by atoms with Gasteiger partial charge in [-0.2, -0.15) is 0 Å². The Bertz CT molecular complexity index is 1570. The topological polar surface area (TPSA) is 63.1 Å². The number of piperidine rings is 1. The van der Waals surface area contributed by atoms with Gasteiger partial charge < -0.3 is 14.8 Å². The van der Waals surface area contributed by atoms with Crippen LogP contribution in [0.3, 0.4) is 0 Å². The lowest BCUT2D eigenvalue weighted by Crippen LogP contribution is -2.42. The summed E-state index contributed by atoms with van der Waals surface area (Å²) in [5.41, 5.74) is 7.57. The number of aromatic nitrogens is 3. The van der Waals surface area contributed by atoms with Gasteiger partial charge in [0.25, 0.3) is 0 Å². The van der Waals surface area contributed by atoms with E-state index in [9.17, 15) is 9.18 Å². The Hall–Kier alpha value is -3.97. The van der Waals surface area contributed by atoms with E-state index in [2.05, 4.69) is 45.3 Å². The molecule has 2 aromatic carbocycles. The number of rotatable bonds is 6. The van der Waals surface area contributed by atoms with Gasteiger partial charge >= 0.3 is 6.03 Å². The Labute approximate surface area is 244 Å². The predicted octanol–water partition coefficient (Wildman–Crippen LogP) is 7.79. The van der Waals surface area contributed by atoms with Gasteiger partial charge in [0.1, 0.15) is 5.82 Å². The first-order valence-corrected chi connectivity index (χ1v) is 14.6. The highest BCUT2D eigenvalue weighted by atomic mass is 35.5. The number of allylic oxidation sites excluding steroid dienone is 1. The van der Waals surface area contributed by atoms with Gasteiger partial charge in [0.2, 0.25) is 0 Å². The van der Waals surface area contributed by atoms with Crippen LogP contribution in [0.4, 0.5) is 14.9 Å². The molecular formula is C33H33ClFN5O. The summed E-state index contributed by atoms with van der Waals surface area (Å²) in [4.78, 5) is 24.1. The highest BCUT2D eigenvalue weighted by molar-refractivity contribution is 6.30. The molecule has 210 valence electrons. The van der Waals surface area contributed by atoms with Crippen molar-refractivity contribution in [2.45, 2.75) is 45.1 Å². The molecule has 41 heavy (non-hydrogen) atoms. The Balaban J connectivity index is 1.23. The SMILES string of the molecule is Cc1cn(CCCC2=Cc3cc(Cl)ccc3[C@H](C3CCN(C(=O)Nc4ccc(F)cc4)CC3)c3ncccc32)cn1. The molecule has 0 spiro atoms. The number of aryl methyl sites for hydroxylation is 2. The number of carbonyl (C=O) groups is 1. The van der Waals surface area contributed by atoms with Gasteiger partial charge in [-0.1, -0.05) is 29.8 Å². The summed E-state index contributed by atoms with van der Waals surface area (Å²) >= 11 is 6.51. The van der Waals surface area contributed by atoms with Crippen LogP contribution in [0.25, 0.3) is 11.6 Å². The summed E-state index contributed by atoms with van der Waals surface area (Å²) in [6.07, 6.45) is 11.8. The molecule has 0 bridgehead atoms. The number of nitrogens with zero attached hydrogens (tertiary/aromatic N) is 4. The van der Waals surface area contributed by atoms with Crippen molar-refractivity contribution in [2.24, 2.45) is 5.92 Å². The molecule has 6 nitrogen and oxygen atoms in total. The molecule has 8 heteroatoms. The molecule has 0 radical (unpaired) electrons. The number of hydrogen-bond acceptors (Lipinski definition) is 3. The number of amides is 2. The number of halogens is 2. The Kier molecular flexibility index (Phi) is 7.88. The fourth-order valence-electron chi connectivity index (χ4n) is 6.21. The summed E-state index contributed by atoms with van der Waals surface area (Å²) in [6.45, 7) is 4.20. The van der Waals surface area contributed by atoms with E-state index in [0.717, 1.165) is 54.2 Å². The second-order valence-corrected chi connectivity index (χ2v) is 11.4. The number of pyridine rings is 1. The molecule has 0 saturated carbocycles. The average Bonchev–Trinajstić information content (AvgIpc) is 3.34. The second kappa shape index (κ2) is 11.9. The van der Waals surface area contributed by atoms with E-state index in [1.54, 1.807) is 12.1 Å². The third kappa shape index (κ3) is 6.05. The van der Waals surface area contributed by atoms with Gasteiger partial charge in [-0.25, -0.2) is 14.2 Å². The molecule has 1 atom stereocenters. The van der Waals surface area contributed by atoms with Crippen LogP contribution in [0.2, 0.25) is 5.02 Å². The predicted molar refractivity (Wildman–Crippen MR) is 161 cm³/mol. The number of fused-ring (bicyclic) bond motifs is 2. The first-order valence-electron chi connectivity index (χ1n) is 14.2. The van der Waals surface area contributed by atoms with Crippen LogP contribution in [0.1, 0.15) is 59.7 Å². The van der Waals surface area contributed by atoms with Crippen LogP contribution in [-0.4, -0.2) is 38.6 Å². The van der Waals surface area contributed by atoms with Crippen LogP contribution in [0.15, 0.2) is 73.3 Å². The highest BCUT2D eigenvalue weighted by Crippen LogP contribution is 2.45. The van der Waals surface area contributed by atoms with Crippen LogP contribution >= 0.6 is 11.6 Å². The molecule has 1 aliphatic carbocycles. The summed E-state index contributed by atoms with van der Waals surface area (Å²) in [5.74, 6) is 0.0968. The molecule has 1 fully saturated rings. The molecule has 2 aliphatic rings.